The molecule has 19 heavy (non-hydrogen) atoms. The van der Waals surface area contributed by atoms with Gasteiger partial charge in [0.05, 0.1) is 11.4 Å². The van der Waals surface area contributed by atoms with Crippen LogP contribution in [0.3, 0.4) is 0 Å². The molecule has 0 aromatic carbocycles. The normalized spacial score (nSPS) is 10.7. The molecule has 1 N–H and O–H groups in total. The van der Waals surface area contributed by atoms with E-state index in [0.717, 1.165) is 36.5 Å². The van der Waals surface area contributed by atoms with Crippen molar-refractivity contribution in [1.29, 1.82) is 0 Å². The summed E-state index contributed by atoms with van der Waals surface area (Å²) >= 11 is 0. The standard InChI is InChI=1S/C12H19N7/c1-4-9-10(5-2)16-17-12(15-9)13-7-6-11-14-8-19(3)18-11/h8H,4-7H2,1-3H3,(H,13,15,17). The van der Waals surface area contributed by atoms with Crippen molar-refractivity contribution in [2.45, 2.75) is 33.1 Å². The van der Waals surface area contributed by atoms with Crippen LogP contribution in [0.4, 0.5) is 5.95 Å². The topological polar surface area (TPSA) is 81.4 Å². The molecular formula is C12H19N7. The summed E-state index contributed by atoms with van der Waals surface area (Å²) in [7, 11) is 1.86. The first-order valence-electron chi connectivity index (χ1n) is 6.53. The first-order valence-corrected chi connectivity index (χ1v) is 6.53. The highest BCUT2D eigenvalue weighted by Crippen LogP contribution is 2.06. The number of aromatic nitrogens is 6. The fourth-order valence-electron chi connectivity index (χ4n) is 1.80. The quantitative estimate of drug-likeness (QED) is 0.827. The van der Waals surface area contributed by atoms with E-state index in [1.165, 1.54) is 0 Å². The zero-order valence-corrected chi connectivity index (χ0v) is 11.6. The molecule has 0 atom stereocenters. The van der Waals surface area contributed by atoms with Crippen molar-refractivity contribution in [2.24, 2.45) is 7.05 Å². The van der Waals surface area contributed by atoms with Gasteiger partial charge >= 0.3 is 0 Å². The Bertz CT molecular complexity index is 535. The van der Waals surface area contributed by atoms with Crippen LogP contribution in [0.1, 0.15) is 31.1 Å². The number of nitrogens with one attached hydrogen (secondary N) is 1. The molecule has 7 nitrogen and oxygen atoms in total. The summed E-state index contributed by atoms with van der Waals surface area (Å²) in [5.41, 5.74) is 1.98. The van der Waals surface area contributed by atoms with Crippen molar-refractivity contribution in [2.75, 3.05) is 11.9 Å². The summed E-state index contributed by atoms with van der Waals surface area (Å²) < 4.78 is 1.69. The highest BCUT2D eigenvalue weighted by molar-refractivity contribution is 5.25. The maximum Gasteiger partial charge on any atom is 0.242 e. The third-order valence-electron chi connectivity index (χ3n) is 2.79. The number of anilines is 1. The number of hydrogen-bond acceptors (Lipinski definition) is 6. The fourth-order valence-corrected chi connectivity index (χ4v) is 1.80. The Hall–Kier alpha value is -2.05. The molecule has 2 aromatic heterocycles. The molecule has 2 aromatic rings. The summed E-state index contributed by atoms with van der Waals surface area (Å²) in [5.74, 6) is 1.38. The van der Waals surface area contributed by atoms with Gasteiger partial charge in [0.1, 0.15) is 6.33 Å². The number of hydrogen-bond donors (Lipinski definition) is 1. The molecule has 0 saturated heterocycles. The number of nitrogens with zero attached hydrogens (tertiary/aromatic N) is 6. The Morgan fingerprint density at radius 2 is 1.95 bits per heavy atom. The third-order valence-corrected chi connectivity index (χ3v) is 2.79. The summed E-state index contributed by atoms with van der Waals surface area (Å²) in [6.07, 6.45) is 4.16. The number of rotatable bonds is 6. The van der Waals surface area contributed by atoms with E-state index < -0.39 is 0 Å². The van der Waals surface area contributed by atoms with Gasteiger partial charge in [-0.25, -0.2) is 9.97 Å². The molecule has 0 spiro atoms. The molecule has 102 valence electrons. The highest BCUT2D eigenvalue weighted by atomic mass is 15.3. The second kappa shape index (κ2) is 6.21. The molecule has 0 bridgehead atoms. The molecule has 0 amide bonds. The van der Waals surface area contributed by atoms with E-state index in [1.54, 1.807) is 11.0 Å². The van der Waals surface area contributed by atoms with Crippen molar-refractivity contribution in [3.05, 3.63) is 23.5 Å². The zero-order chi connectivity index (χ0) is 13.7. The molecule has 2 heterocycles. The van der Waals surface area contributed by atoms with Gasteiger partial charge in [0.25, 0.3) is 0 Å². The molecule has 0 aliphatic heterocycles. The smallest absolute Gasteiger partial charge is 0.242 e. The highest BCUT2D eigenvalue weighted by Gasteiger charge is 2.06. The molecule has 0 radical (unpaired) electrons. The minimum Gasteiger partial charge on any atom is -0.352 e. The van der Waals surface area contributed by atoms with Gasteiger partial charge in [0, 0.05) is 20.0 Å². The first-order chi connectivity index (χ1) is 9.22. The Balaban J connectivity index is 1.92. The predicted octanol–water partition coefficient (Wildman–Crippen LogP) is 0.779. The van der Waals surface area contributed by atoms with Crippen LogP contribution >= 0.6 is 0 Å². The summed E-state index contributed by atoms with van der Waals surface area (Å²) in [5, 5.41) is 15.6. The molecule has 2 rings (SSSR count). The van der Waals surface area contributed by atoms with Crippen LogP contribution in [-0.2, 0) is 26.3 Å². The lowest BCUT2D eigenvalue weighted by Crippen LogP contribution is -2.12. The molecule has 0 aliphatic carbocycles. The van der Waals surface area contributed by atoms with Crippen LogP contribution in [0, 0.1) is 0 Å². The van der Waals surface area contributed by atoms with Gasteiger partial charge in [0.2, 0.25) is 5.95 Å². The van der Waals surface area contributed by atoms with E-state index in [9.17, 15) is 0 Å². The van der Waals surface area contributed by atoms with Gasteiger partial charge in [-0.1, -0.05) is 13.8 Å². The SMILES string of the molecule is CCc1nnc(NCCc2ncn(C)n2)nc1CC. The maximum atomic E-state index is 4.47. The van der Waals surface area contributed by atoms with Gasteiger partial charge in [-0.2, -0.15) is 10.2 Å². The first kappa shape index (κ1) is 13.4. The van der Waals surface area contributed by atoms with Crippen molar-refractivity contribution in [3.8, 4) is 0 Å². The number of aryl methyl sites for hydroxylation is 3. The molecule has 0 unspecified atom stereocenters. The van der Waals surface area contributed by atoms with Crippen molar-refractivity contribution < 1.29 is 0 Å². The monoisotopic (exact) mass is 261 g/mol. The lowest BCUT2D eigenvalue weighted by atomic mass is 10.2. The lowest BCUT2D eigenvalue weighted by Gasteiger charge is -2.06. The predicted molar refractivity (Wildman–Crippen MR) is 71.8 cm³/mol. The van der Waals surface area contributed by atoms with Gasteiger partial charge < -0.3 is 5.32 Å². The van der Waals surface area contributed by atoms with Crippen LogP contribution in [0.25, 0.3) is 0 Å². The maximum absolute atomic E-state index is 4.47. The van der Waals surface area contributed by atoms with Crippen LogP contribution < -0.4 is 5.32 Å². The second-order valence-corrected chi connectivity index (χ2v) is 4.25. The van der Waals surface area contributed by atoms with E-state index in [1.807, 2.05) is 7.05 Å². The Labute approximate surface area is 112 Å². The second-order valence-electron chi connectivity index (χ2n) is 4.25. The minimum atomic E-state index is 0.574. The van der Waals surface area contributed by atoms with E-state index >= 15 is 0 Å². The van der Waals surface area contributed by atoms with E-state index in [2.05, 4.69) is 44.4 Å². The van der Waals surface area contributed by atoms with Crippen LogP contribution in [0.2, 0.25) is 0 Å². The van der Waals surface area contributed by atoms with Crippen LogP contribution in [0.15, 0.2) is 6.33 Å². The molecule has 0 saturated carbocycles. The van der Waals surface area contributed by atoms with Gasteiger partial charge in [-0.3, -0.25) is 4.68 Å². The van der Waals surface area contributed by atoms with Gasteiger partial charge in [-0.05, 0) is 12.8 Å². The summed E-state index contributed by atoms with van der Waals surface area (Å²) in [6.45, 7) is 4.83. The Morgan fingerprint density at radius 3 is 2.58 bits per heavy atom. The molecule has 0 aliphatic rings. The largest absolute Gasteiger partial charge is 0.352 e. The molecule has 0 fully saturated rings. The van der Waals surface area contributed by atoms with E-state index in [4.69, 9.17) is 0 Å². The lowest BCUT2D eigenvalue weighted by molar-refractivity contribution is 0.740. The van der Waals surface area contributed by atoms with Gasteiger partial charge in [-0.15, -0.1) is 5.10 Å². The molecular weight excluding hydrogens is 242 g/mol. The van der Waals surface area contributed by atoms with Crippen LogP contribution in [-0.4, -0.2) is 36.5 Å². The van der Waals surface area contributed by atoms with E-state index in [0.29, 0.717) is 12.5 Å². The van der Waals surface area contributed by atoms with Crippen molar-refractivity contribution in [3.63, 3.8) is 0 Å². The van der Waals surface area contributed by atoms with E-state index in [-0.39, 0.29) is 0 Å². The fraction of sp³-hybridized carbons (Fsp3) is 0.583. The summed E-state index contributed by atoms with van der Waals surface area (Å²) in [6, 6.07) is 0. The van der Waals surface area contributed by atoms with Crippen LogP contribution in [0.5, 0.6) is 0 Å². The minimum absolute atomic E-state index is 0.574. The third kappa shape index (κ3) is 3.46. The average molecular weight is 261 g/mol. The zero-order valence-electron chi connectivity index (χ0n) is 11.6. The summed E-state index contributed by atoms with van der Waals surface area (Å²) in [4.78, 5) is 8.63. The Morgan fingerprint density at radius 1 is 1.16 bits per heavy atom. The Kier molecular flexibility index (Phi) is 4.38. The van der Waals surface area contributed by atoms with Crippen molar-refractivity contribution in [1.82, 2.24) is 29.9 Å². The van der Waals surface area contributed by atoms with Gasteiger partial charge in [0.15, 0.2) is 5.82 Å². The molecule has 7 heteroatoms. The average Bonchev–Trinajstić information content (AvgIpc) is 2.84. The van der Waals surface area contributed by atoms with Crippen molar-refractivity contribution >= 4 is 5.95 Å².